The van der Waals surface area contributed by atoms with Crippen LogP contribution in [0.5, 0.6) is 0 Å². The predicted molar refractivity (Wildman–Crippen MR) is 74.3 cm³/mol. The molecule has 0 heterocycles. The zero-order chi connectivity index (χ0) is 15.7. The second-order valence-corrected chi connectivity index (χ2v) is 6.69. The van der Waals surface area contributed by atoms with E-state index in [1.807, 2.05) is 20.8 Å². The van der Waals surface area contributed by atoms with E-state index >= 15 is 0 Å². The van der Waals surface area contributed by atoms with E-state index in [9.17, 15) is 17.6 Å². The number of carbonyl (C=O) groups excluding carboxylic acids is 1. The molecule has 1 aromatic carbocycles. The molecule has 3 N–H and O–H groups in total. The Kier molecular flexibility index (Phi) is 4.88. The Morgan fingerprint density at radius 2 is 1.85 bits per heavy atom. The van der Waals surface area contributed by atoms with Crippen LogP contribution < -0.4 is 10.5 Å². The summed E-state index contributed by atoms with van der Waals surface area (Å²) >= 11 is 0. The lowest BCUT2D eigenvalue weighted by atomic mass is 10.1. The third-order valence-corrected chi connectivity index (χ3v) is 4.06. The Balaban J connectivity index is 3.21. The number of halogens is 1. The van der Waals surface area contributed by atoms with Gasteiger partial charge in [0.25, 0.3) is 5.91 Å². The quantitative estimate of drug-likeness (QED) is 0.884. The van der Waals surface area contributed by atoms with Gasteiger partial charge in [-0.15, -0.1) is 0 Å². The number of amides is 1. The summed E-state index contributed by atoms with van der Waals surface area (Å²) < 4.78 is 36.4. The Morgan fingerprint density at radius 1 is 1.30 bits per heavy atom. The molecule has 0 bridgehead atoms. The molecule has 20 heavy (non-hydrogen) atoms. The van der Waals surface area contributed by atoms with Gasteiger partial charge in [-0.1, -0.05) is 13.8 Å². The van der Waals surface area contributed by atoms with Gasteiger partial charge in [-0.3, -0.25) is 4.79 Å². The normalized spacial score (nSPS) is 13.3. The minimum atomic E-state index is -4.21. The first-order valence-electron chi connectivity index (χ1n) is 6.18. The predicted octanol–water partition coefficient (Wildman–Crippen LogP) is 1.56. The van der Waals surface area contributed by atoms with Crippen LogP contribution in [0.2, 0.25) is 0 Å². The van der Waals surface area contributed by atoms with Gasteiger partial charge in [0.2, 0.25) is 10.0 Å². The van der Waals surface area contributed by atoms with Gasteiger partial charge in [0.15, 0.2) is 0 Å². The van der Waals surface area contributed by atoms with Crippen molar-refractivity contribution < 1.29 is 17.6 Å². The maximum Gasteiger partial charge on any atom is 0.251 e. The number of rotatable bonds is 4. The highest BCUT2D eigenvalue weighted by Crippen LogP contribution is 2.19. The van der Waals surface area contributed by atoms with Gasteiger partial charge < -0.3 is 5.32 Å². The van der Waals surface area contributed by atoms with Crippen molar-refractivity contribution in [2.45, 2.75) is 38.6 Å². The molecule has 0 spiro atoms. The number of sulfonamides is 1. The summed E-state index contributed by atoms with van der Waals surface area (Å²) in [5.41, 5.74) is 0.124. The van der Waals surface area contributed by atoms with Crippen LogP contribution in [0.3, 0.4) is 0 Å². The number of benzene rings is 1. The second-order valence-electron chi connectivity index (χ2n) is 5.16. The largest absolute Gasteiger partial charge is 0.349 e. The van der Waals surface area contributed by atoms with Crippen molar-refractivity contribution in [2.24, 2.45) is 11.1 Å². The van der Waals surface area contributed by atoms with E-state index in [4.69, 9.17) is 5.14 Å². The van der Waals surface area contributed by atoms with Crippen molar-refractivity contribution >= 4 is 15.9 Å². The number of hydrogen-bond acceptors (Lipinski definition) is 3. The van der Waals surface area contributed by atoms with Crippen LogP contribution in [0, 0.1) is 18.7 Å². The number of carbonyl (C=O) groups is 1. The summed E-state index contributed by atoms with van der Waals surface area (Å²) in [6, 6.07) is 2.16. The molecule has 1 rings (SSSR count). The maximum absolute atomic E-state index is 13.7. The fourth-order valence-electron chi connectivity index (χ4n) is 1.53. The molecule has 0 radical (unpaired) electrons. The average Bonchev–Trinajstić information content (AvgIpc) is 2.30. The van der Waals surface area contributed by atoms with Crippen molar-refractivity contribution in [3.8, 4) is 0 Å². The fraction of sp³-hybridized carbons (Fsp3) is 0.462. The van der Waals surface area contributed by atoms with Gasteiger partial charge in [0, 0.05) is 11.6 Å². The van der Waals surface area contributed by atoms with Crippen molar-refractivity contribution in [3.05, 3.63) is 29.1 Å². The van der Waals surface area contributed by atoms with Crippen LogP contribution in [0.4, 0.5) is 4.39 Å². The van der Waals surface area contributed by atoms with Crippen LogP contribution >= 0.6 is 0 Å². The lowest BCUT2D eigenvalue weighted by molar-refractivity contribution is 0.0930. The van der Waals surface area contributed by atoms with Crippen LogP contribution in [0.15, 0.2) is 17.0 Å². The van der Waals surface area contributed by atoms with E-state index in [-0.39, 0.29) is 23.1 Å². The van der Waals surface area contributed by atoms with Gasteiger partial charge in [-0.2, -0.15) is 0 Å². The van der Waals surface area contributed by atoms with Crippen molar-refractivity contribution in [2.75, 3.05) is 0 Å². The van der Waals surface area contributed by atoms with E-state index in [1.165, 1.54) is 13.0 Å². The van der Waals surface area contributed by atoms with Crippen LogP contribution in [-0.4, -0.2) is 20.4 Å². The molecular weight excluding hydrogens is 283 g/mol. The zero-order valence-electron chi connectivity index (χ0n) is 11.9. The maximum atomic E-state index is 13.7. The van der Waals surface area contributed by atoms with Crippen molar-refractivity contribution in [3.63, 3.8) is 0 Å². The van der Waals surface area contributed by atoms with E-state index < -0.39 is 26.6 Å². The molecule has 5 nitrogen and oxygen atoms in total. The molecule has 1 atom stereocenters. The number of hydrogen-bond donors (Lipinski definition) is 2. The first-order valence-corrected chi connectivity index (χ1v) is 7.72. The summed E-state index contributed by atoms with van der Waals surface area (Å²) in [6.07, 6.45) is 0. The van der Waals surface area contributed by atoms with E-state index in [2.05, 4.69) is 5.32 Å². The minimum absolute atomic E-state index is 0.0545. The fourth-order valence-corrected chi connectivity index (χ4v) is 2.23. The summed E-state index contributed by atoms with van der Waals surface area (Å²) in [5.74, 6) is -1.17. The molecule has 1 amide bonds. The lowest BCUT2D eigenvalue weighted by Crippen LogP contribution is -2.36. The minimum Gasteiger partial charge on any atom is -0.349 e. The second kappa shape index (κ2) is 5.88. The topological polar surface area (TPSA) is 89.3 Å². The molecule has 0 saturated heterocycles. The van der Waals surface area contributed by atoms with Crippen molar-refractivity contribution in [1.29, 1.82) is 0 Å². The van der Waals surface area contributed by atoms with E-state index in [1.54, 1.807) is 0 Å². The highest BCUT2D eigenvalue weighted by atomic mass is 32.2. The molecule has 0 aliphatic carbocycles. The van der Waals surface area contributed by atoms with E-state index in [0.29, 0.717) is 0 Å². The average molecular weight is 302 g/mol. The SMILES string of the molecule is Cc1cc(C(=O)NC(C)C(C)C)cc(S(N)(=O)=O)c1F. The van der Waals surface area contributed by atoms with Crippen LogP contribution in [-0.2, 0) is 10.0 Å². The summed E-state index contributed by atoms with van der Waals surface area (Å²) in [4.78, 5) is 11.4. The number of nitrogens with two attached hydrogens (primary N) is 1. The number of primary sulfonamides is 1. The molecule has 1 aromatic rings. The first-order chi connectivity index (χ1) is 9.04. The number of aryl methyl sites for hydroxylation is 1. The van der Waals surface area contributed by atoms with Crippen molar-refractivity contribution in [1.82, 2.24) is 5.32 Å². The smallest absolute Gasteiger partial charge is 0.251 e. The molecule has 112 valence electrons. The van der Waals surface area contributed by atoms with Gasteiger partial charge >= 0.3 is 0 Å². The summed E-state index contributed by atoms with van der Waals surface area (Å²) in [6.45, 7) is 7.10. The summed E-state index contributed by atoms with van der Waals surface area (Å²) in [7, 11) is -4.21. The molecule has 0 aromatic heterocycles. The lowest BCUT2D eigenvalue weighted by Gasteiger charge is -2.18. The van der Waals surface area contributed by atoms with Crippen LogP contribution in [0.1, 0.15) is 36.7 Å². The molecule has 0 aliphatic rings. The molecule has 0 saturated carbocycles. The monoisotopic (exact) mass is 302 g/mol. The third kappa shape index (κ3) is 3.77. The third-order valence-electron chi connectivity index (χ3n) is 3.15. The molecular formula is C13H19FN2O3S. The van der Waals surface area contributed by atoms with E-state index in [0.717, 1.165) is 6.07 Å². The standard InChI is InChI=1S/C13H19FN2O3S/c1-7(2)9(4)16-13(17)10-5-8(3)12(14)11(6-10)20(15,18)19/h5-7,9H,1-4H3,(H,16,17)(H2,15,18,19). The Labute approximate surface area is 118 Å². The number of nitrogens with one attached hydrogen (secondary N) is 1. The van der Waals surface area contributed by atoms with Gasteiger partial charge in [0.05, 0.1) is 0 Å². The Morgan fingerprint density at radius 3 is 2.30 bits per heavy atom. The van der Waals surface area contributed by atoms with Gasteiger partial charge in [-0.25, -0.2) is 17.9 Å². The van der Waals surface area contributed by atoms with Gasteiger partial charge in [0.1, 0.15) is 10.7 Å². The molecule has 1 unspecified atom stereocenters. The molecule has 0 aliphatic heterocycles. The first kappa shape index (κ1) is 16.6. The highest BCUT2D eigenvalue weighted by Gasteiger charge is 2.21. The molecule has 7 heteroatoms. The Bertz CT molecular complexity index is 627. The van der Waals surface area contributed by atoms with Gasteiger partial charge in [-0.05, 0) is 37.5 Å². The highest BCUT2D eigenvalue weighted by molar-refractivity contribution is 7.89. The Hall–Kier alpha value is -1.47. The zero-order valence-corrected chi connectivity index (χ0v) is 12.7. The molecule has 0 fully saturated rings. The van der Waals surface area contributed by atoms with Crippen LogP contribution in [0.25, 0.3) is 0 Å². The summed E-state index contributed by atoms with van der Waals surface area (Å²) in [5, 5.41) is 7.67.